The van der Waals surface area contributed by atoms with Crippen molar-refractivity contribution in [3.63, 3.8) is 0 Å². The number of rotatable bonds is 5. The van der Waals surface area contributed by atoms with E-state index >= 15 is 0 Å². The molecule has 0 bridgehead atoms. The van der Waals surface area contributed by atoms with Gasteiger partial charge in [0.15, 0.2) is 6.04 Å². The van der Waals surface area contributed by atoms with E-state index in [4.69, 9.17) is 16.3 Å². The van der Waals surface area contributed by atoms with Crippen molar-refractivity contribution in [1.29, 1.82) is 0 Å². The summed E-state index contributed by atoms with van der Waals surface area (Å²) in [5.41, 5.74) is 0.145. The summed E-state index contributed by atoms with van der Waals surface area (Å²) in [6, 6.07) is 2.39. The normalized spacial score (nSPS) is 18.2. The van der Waals surface area contributed by atoms with E-state index in [1.54, 1.807) is 6.92 Å². The fraction of sp³-hybridized carbons (Fsp3) is 0.500. The van der Waals surface area contributed by atoms with Crippen molar-refractivity contribution in [2.24, 2.45) is 11.8 Å². The zero-order valence-corrected chi connectivity index (χ0v) is 13.5. The van der Waals surface area contributed by atoms with Crippen molar-refractivity contribution >= 4 is 23.5 Å². The van der Waals surface area contributed by atoms with Crippen LogP contribution in [0.5, 0.6) is 0 Å². The summed E-state index contributed by atoms with van der Waals surface area (Å²) in [5, 5.41) is 11.7. The second kappa shape index (κ2) is 7.75. The van der Waals surface area contributed by atoms with Crippen LogP contribution in [-0.4, -0.2) is 30.2 Å². The molecule has 1 heterocycles. The Morgan fingerprint density at radius 3 is 2.61 bits per heavy atom. The summed E-state index contributed by atoms with van der Waals surface area (Å²) in [6.07, 6.45) is 1.53. The zero-order valence-electron chi connectivity index (χ0n) is 12.7. The average molecular weight is 344 g/mol. The molecule has 2 rings (SSSR count). The Morgan fingerprint density at radius 1 is 1.39 bits per heavy atom. The largest absolute Gasteiger partial charge is 0.479 e. The Bertz CT molecular complexity index is 589. The number of carbonyl (C=O) groups excluding carboxylic acids is 1. The van der Waals surface area contributed by atoms with Gasteiger partial charge >= 0.3 is 5.97 Å². The molecule has 126 valence electrons. The second-order valence-corrected chi connectivity index (χ2v) is 6.10. The number of amides is 1. The molecule has 0 aliphatic carbocycles. The molecular formula is C16H19ClFNO4. The second-order valence-electron chi connectivity index (χ2n) is 5.69. The van der Waals surface area contributed by atoms with E-state index in [0.717, 1.165) is 18.9 Å². The number of carboxylic acid groups (broad SMARTS) is 1. The number of nitrogens with one attached hydrogen (secondary N) is 1. The average Bonchev–Trinajstić information content (AvgIpc) is 2.55. The predicted octanol–water partition coefficient (Wildman–Crippen LogP) is 2.78. The third-order valence-corrected chi connectivity index (χ3v) is 4.50. The van der Waals surface area contributed by atoms with Gasteiger partial charge in [-0.3, -0.25) is 4.79 Å². The Hall–Kier alpha value is -1.66. The minimum atomic E-state index is -1.31. The summed E-state index contributed by atoms with van der Waals surface area (Å²) in [4.78, 5) is 23.8. The quantitative estimate of drug-likeness (QED) is 0.862. The van der Waals surface area contributed by atoms with Gasteiger partial charge in [0.2, 0.25) is 5.91 Å². The smallest absolute Gasteiger partial charge is 0.330 e. The van der Waals surface area contributed by atoms with Crippen LogP contribution < -0.4 is 5.32 Å². The van der Waals surface area contributed by atoms with Crippen LogP contribution in [0.3, 0.4) is 0 Å². The lowest BCUT2D eigenvalue weighted by Gasteiger charge is -2.28. The third-order valence-electron chi connectivity index (χ3n) is 4.20. The highest BCUT2D eigenvalue weighted by atomic mass is 35.5. The number of hydrogen-bond donors (Lipinski definition) is 2. The van der Waals surface area contributed by atoms with Crippen molar-refractivity contribution in [2.75, 3.05) is 13.2 Å². The molecule has 5 nitrogen and oxygen atoms in total. The molecule has 1 fully saturated rings. The third kappa shape index (κ3) is 4.42. The van der Waals surface area contributed by atoms with E-state index in [1.165, 1.54) is 12.1 Å². The lowest BCUT2D eigenvalue weighted by Crippen LogP contribution is -2.40. The Balaban J connectivity index is 2.10. The highest BCUT2D eigenvalue weighted by Gasteiger charge is 2.30. The molecule has 23 heavy (non-hydrogen) atoms. The number of halogens is 2. The summed E-state index contributed by atoms with van der Waals surface area (Å²) in [7, 11) is 0. The molecule has 7 heteroatoms. The first-order valence-corrected chi connectivity index (χ1v) is 7.84. The monoisotopic (exact) mass is 343 g/mol. The Morgan fingerprint density at radius 2 is 2.04 bits per heavy atom. The molecule has 1 aromatic carbocycles. The maximum atomic E-state index is 13.5. The van der Waals surface area contributed by atoms with Crippen LogP contribution in [-0.2, 0) is 14.3 Å². The van der Waals surface area contributed by atoms with E-state index in [2.05, 4.69) is 5.32 Å². The number of benzene rings is 1. The minimum absolute atomic E-state index is 0.0974. The van der Waals surface area contributed by atoms with E-state index < -0.39 is 17.8 Å². The molecule has 0 spiro atoms. The number of aliphatic carboxylic acids is 1. The van der Waals surface area contributed by atoms with E-state index in [-0.39, 0.29) is 28.3 Å². The Kier molecular flexibility index (Phi) is 5.96. The number of hydrogen-bond acceptors (Lipinski definition) is 3. The molecular weight excluding hydrogens is 325 g/mol. The fourth-order valence-electron chi connectivity index (χ4n) is 2.68. The maximum absolute atomic E-state index is 13.5. The van der Waals surface area contributed by atoms with Crippen LogP contribution in [0.2, 0.25) is 5.02 Å². The minimum Gasteiger partial charge on any atom is -0.479 e. The summed E-state index contributed by atoms with van der Waals surface area (Å²) in [5.74, 6) is -2.51. The molecule has 2 unspecified atom stereocenters. The van der Waals surface area contributed by atoms with Crippen LogP contribution in [0.25, 0.3) is 0 Å². The van der Waals surface area contributed by atoms with Gasteiger partial charge in [-0.15, -0.1) is 0 Å². The lowest BCUT2D eigenvalue weighted by molar-refractivity contribution is -0.143. The molecule has 2 N–H and O–H groups in total. The van der Waals surface area contributed by atoms with Gasteiger partial charge in [-0.1, -0.05) is 24.6 Å². The highest BCUT2D eigenvalue weighted by molar-refractivity contribution is 6.30. The predicted molar refractivity (Wildman–Crippen MR) is 82.6 cm³/mol. The summed E-state index contributed by atoms with van der Waals surface area (Å²) < 4.78 is 18.8. The van der Waals surface area contributed by atoms with Crippen molar-refractivity contribution < 1.29 is 23.8 Å². The maximum Gasteiger partial charge on any atom is 0.330 e. The van der Waals surface area contributed by atoms with Gasteiger partial charge in [0.25, 0.3) is 0 Å². The van der Waals surface area contributed by atoms with Gasteiger partial charge < -0.3 is 15.2 Å². The molecule has 0 radical (unpaired) electrons. The molecule has 1 amide bonds. The summed E-state index contributed by atoms with van der Waals surface area (Å²) >= 11 is 5.60. The van der Waals surface area contributed by atoms with Crippen molar-refractivity contribution in [2.45, 2.75) is 25.8 Å². The van der Waals surface area contributed by atoms with Crippen molar-refractivity contribution in [1.82, 2.24) is 5.32 Å². The van der Waals surface area contributed by atoms with Crippen LogP contribution in [0.15, 0.2) is 18.2 Å². The van der Waals surface area contributed by atoms with Gasteiger partial charge in [0, 0.05) is 19.1 Å². The van der Waals surface area contributed by atoms with E-state index in [1.807, 2.05) is 0 Å². The highest BCUT2D eigenvalue weighted by Crippen LogP contribution is 2.25. The van der Waals surface area contributed by atoms with E-state index in [0.29, 0.717) is 13.2 Å². The molecule has 2 atom stereocenters. The topological polar surface area (TPSA) is 75.6 Å². The molecule has 1 aromatic rings. The molecule has 1 aliphatic heterocycles. The van der Waals surface area contributed by atoms with Crippen molar-refractivity contribution in [3.05, 3.63) is 34.6 Å². The first-order valence-electron chi connectivity index (χ1n) is 7.46. The number of carboxylic acids is 1. The SMILES string of the molecule is CC(C(=O)NC(C(=O)O)c1ccc(Cl)c(F)c1)C1CCOCC1. The summed E-state index contributed by atoms with van der Waals surface area (Å²) in [6.45, 7) is 2.98. The standard InChI is InChI=1S/C16H19ClFNO4/c1-9(10-4-6-23-7-5-10)15(20)19-14(16(21)22)11-2-3-12(17)13(18)8-11/h2-3,8-10,14H,4-7H2,1H3,(H,19,20)(H,21,22). The lowest BCUT2D eigenvalue weighted by atomic mass is 9.86. The van der Waals surface area contributed by atoms with E-state index in [9.17, 15) is 19.1 Å². The van der Waals surface area contributed by atoms with Crippen LogP contribution in [0, 0.1) is 17.7 Å². The van der Waals surface area contributed by atoms with Crippen LogP contribution >= 0.6 is 11.6 Å². The molecule has 0 aromatic heterocycles. The molecule has 1 saturated heterocycles. The molecule has 0 saturated carbocycles. The van der Waals surface area contributed by atoms with Gasteiger partial charge in [0.05, 0.1) is 5.02 Å². The fourth-order valence-corrected chi connectivity index (χ4v) is 2.80. The number of ether oxygens (including phenoxy) is 1. The van der Waals surface area contributed by atoms with Gasteiger partial charge in [-0.2, -0.15) is 0 Å². The van der Waals surface area contributed by atoms with Gasteiger partial charge in [0.1, 0.15) is 5.82 Å². The van der Waals surface area contributed by atoms with Gasteiger partial charge in [-0.25, -0.2) is 9.18 Å². The van der Waals surface area contributed by atoms with Crippen LogP contribution in [0.1, 0.15) is 31.4 Å². The van der Waals surface area contributed by atoms with Crippen LogP contribution in [0.4, 0.5) is 4.39 Å². The Labute approximate surface area is 138 Å². The van der Waals surface area contributed by atoms with Gasteiger partial charge in [-0.05, 0) is 36.5 Å². The number of carbonyl (C=O) groups is 2. The van der Waals surface area contributed by atoms with Crippen molar-refractivity contribution in [3.8, 4) is 0 Å². The first kappa shape index (κ1) is 17.7. The zero-order chi connectivity index (χ0) is 17.0. The molecule has 1 aliphatic rings. The first-order chi connectivity index (χ1) is 10.9.